The first-order chi connectivity index (χ1) is 25.8. The number of rotatable bonds is 8. The van der Waals surface area contributed by atoms with Crippen molar-refractivity contribution < 1.29 is 60.9 Å². The minimum absolute atomic E-state index is 0.0135. The number of benzene rings is 2. The van der Waals surface area contributed by atoms with E-state index in [1.165, 1.54) is 20.8 Å². The van der Waals surface area contributed by atoms with Crippen LogP contribution in [0.25, 0.3) is 5.76 Å². The standard InChI is InChI=1S/C40H47F3N2O10Si/c1-37(2,3)53-36(50)23-18-25(52-40(41,42)43)22-16-21-17-24-29(45(7)8)32-28(35(44-54-32)51-19-20-14-12-11-13-15-20)34(49)39(24,55-56(9,10)38(4,5)6)33(48)26(21)31(47)27(22)30(23)46/h11-15,18,21,24,29,46-47H,16-17,19H2,1-10H3/t21-,24-,29-,39-/m0/s1. The molecule has 3 aliphatic rings. The number of nitrogens with zero attached hydrogens (tertiary/aromatic N) is 2. The second-order valence-electron chi connectivity index (χ2n) is 17.3. The lowest BCUT2D eigenvalue weighted by Gasteiger charge is -2.55. The van der Waals surface area contributed by atoms with Crippen LogP contribution < -0.4 is 9.47 Å². The number of Topliss-reactive ketones (excluding diaryl/α,β-unsaturated/α-hetero) is 2. The van der Waals surface area contributed by atoms with E-state index in [-0.39, 0.29) is 47.8 Å². The zero-order chi connectivity index (χ0) is 41.5. The number of phenolic OH excluding ortho intramolecular Hbond substituents is 1. The Morgan fingerprint density at radius 2 is 1.66 bits per heavy atom. The van der Waals surface area contributed by atoms with E-state index in [1.807, 2.05) is 64.2 Å². The lowest BCUT2D eigenvalue weighted by Crippen LogP contribution is -2.68. The van der Waals surface area contributed by atoms with Gasteiger partial charge in [-0.3, -0.25) is 14.5 Å². The molecule has 6 rings (SSSR count). The molecule has 0 aliphatic heterocycles. The van der Waals surface area contributed by atoms with E-state index in [9.17, 15) is 28.2 Å². The summed E-state index contributed by atoms with van der Waals surface area (Å²) in [5, 5.41) is 27.2. The highest BCUT2D eigenvalue weighted by atomic mass is 28.4. The van der Waals surface area contributed by atoms with Gasteiger partial charge in [0.25, 0.3) is 5.88 Å². The Morgan fingerprint density at radius 3 is 2.23 bits per heavy atom. The van der Waals surface area contributed by atoms with Crippen molar-refractivity contribution in [1.82, 2.24) is 10.1 Å². The van der Waals surface area contributed by atoms with Crippen LogP contribution in [-0.4, -0.2) is 77.8 Å². The van der Waals surface area contributed by atoms with E-state index in [4.69, 9.17) is 18.4 Å². The zero-order valence-electron chi connectivity index (χ0n) is 33.0. The summed E-state index contributed by atoms with van der Waals surface area (Å²) in [6.07, 6.45) is -5.64. The summed E-state index contributed by atoms with van der Waals surface area (Å²) >= 11 is 0. The molecule has 12 nitrogen and oxygen atoms in total. The number of aromatic nitrogens is 1. The summed E-state index contributed by atoms with van der Waals surface area (Å²) in [5.41, 5.74) is -4.72. The van der Waals surface area contributed by atoms with Crippen molar-refractivity contribution in [3.63, 3.8) is 0 Å². The van der Waals surface area contributed by atoms with Crippen LogP contribution >= 0.6 is 0 Å². The SMILES string of the molecule is CN(C)[C@@H]1c2onc(OCc3ccccc3)c2C(=O)[C@@]2(O[Si](C)(C)C(C)(C)C)C(=O)C3=C(O)c4c(O)c(C(=O)OC(C)(C)C)cc(OC(F)(F)F)c4C[C@H]3C[C@@H]12. The van der Waals surface area contributed by atoms with Gasteiger partial charge in [-0.25, -0.2) is 4.79 Å². The third-order valence-corrected chi connectivity index (χ3v) is 15.5. The number of hydrogen-bond acceptors (Lipinski definition) is 12. The van der Waals surface area contributed by atoms with E-state index in [0.29, 0.717) is 6.07 Å². The molecule has 1 heterocycles. The summed E-state index contributed by atoms with van der Waals surface area (Å²) in [6.45, 7) is 14.1. The first kappa shape index (κ1) is 41.0. The molecule has 0 unspecified atom stereocenters. The summed E-state index contributed by atoms with van der Waals surface area (Å²) in [7, 11) is 0.348. The number of ether oxygens (including phenoxy) is 3. The summed E-state index contributed by atoms with van der Waals surface area (Å²) in [5.74, 6) is -7.63. The number of esters is 1. The molecule has 1 aromatic heterocycles. The summed E-state index contributed by atoms with van der Waals surface area (Å²) in [4.78, 5) is 45.9. The fourth-order valence-electron chi connectivity index (χ4n) is 7.69. The van der Waals surface area contributed by atoms with Gasteiger partial charge in [-0.15, -0.1) is 13.2 Å². The van der Waals surface area contributed by atoms with Crippen molar-refractivity contribution in [2.24, 2.45) is 11.8 Å². The average Bonchev–Trinajstić information content (AvgIpc) is 3.48. The number of alkyl halides is 3. The van der Waals surface area contributed by atoms with Crippen molar-refractivity contribution >= 4 is 31.6 Å². The number of carbonyl (C=O) groups is 3. The average molecular weight is 801 g/mol. The predicted octanol–water partition coefficient (Wildman–Crippen LogP) is 8.10. The van der Waals surface area contributed by atoms with E-state index >= 15 is 9.59 Å². The Balaban J connectivity index is 1.60. The normalized spacial score (nSPS) is 22.6. The summed E-state index contributed by atoms with van der Waals surface area (Å²) in [6, 6.07) is 9.01. The molecule has 0 radical (unpaired) electrons. The maximum absolute atomic E-state index is 15.5. The molecule has 2 aromatic carbocycles. The molecule has 4 atom stereocenters. The Labute approximate surface area is 323 Å². The van der Waals surface area contributed by atoms with E-state index in [0.717, 1.165) is 5.56 Å². The number of halogens is 3. The Hall–Kier alpha value is -4.67. The van der Waals surface area contributed by atoms with Gasteiger partial charge >= 0.3 is 12.3 Å². The van der Waals surface area contributed by atoms with Gasteiger partial charge in [-0.1, -0.05) is 51.1 Å². The van der Waals surface area contributed by atoms with Crippen LogP contribution in [0.2, 0.25) is 18.1 Å². The molecule has 0 amide bonds. The smallest absolute Gasteiger partial charge is 0.507 e. The molecule has 302 valence electrons. The van der Waals surface area contributed by atoms with Crippen molar-refractivity contribution in [1.29, 1.82) is 0 Å². The van der Waals surface area contributed by atoms with Crippen molar-refractivity contribution in [2.45, 2.75) is 103 Å². The number of hydrogen-bond donors (Lipinski definition) is 2. The van der Waals surface area contributed by atoms with Crippen molar-refractivity contribution in [3.8, 4) is 17.4 Å². The number of fused-ring (bicyclic) bond motifs is 4. The van der Waals surface area contributed by atoms with Crippen LogP contribution in [0, 0.1) is 11.8 Å². The monoisotopic (exact) mass is 800 g/mol. The Morgan fingerprint density at radius 1 is 1.02 bits per heavy atom. The van der Waals surface area contributed by atoms with Crippen LogP contribution in [0.3, 0.4) is 0 Å². The number of phenols is 1. The third kappa shape index (κ3) is 7.00. The van der Waals surface area contributed by atoms with Gasteiger partial charge in [0.1, 0.15) is 40.6 Å². The second-order valence-corrected chi connectivity index (χ2v) is 22.1. The van der Waals surface area contributed by atoms with Crippen LogP contribution in [-0.2, 0) is 27.0 Å². The molecule has 0 saturated heterocycles. The van der Waals surface area contributed by atoms with E-state index < -0.39 is 94.7 Å². The van der Waals surface area contributed by atoms with Crippen LogP contribution in [0.4, 0.5) is 13.2 Å². The highest BCUT2D eigenvalue weighted by molar-refractivity contribution is 6.74. The lowest BCUT2D eigenvalue weighted by molar-refractivity contribution is -0.275. The molecule has 1 fully saturated rings. The van der Waals surface area contributed by atoms with Gasteiger partial charge in [0, 0.05) is 17.1 Å². The number of aliphatic hydroxyl groups is 1. The van der Waals surface area contributed by atoms with E-state index in [1.54, 1.807) is 19.0 Å². The topological polar surface area (TPSA) is 158 Å². The van der Waals surface area contributed by atoms with Crippen LogP contribution in [0.15, 0.2) is 46.5 Å². The molecule has 3 aromatic rings. The molecular weight excluding hydrogens is 754 g/mol. The Bertz CT molecular complexity index is 2110. The molecule has 1 saturated carbocycles. The minimum atomic E-state index is -5.24. The van der Waals surface area contributed by atoms with Crippen molar-refractivity contribution in [2.75, 3.05) is 14.1 Å². The highest BCUT2D eigenvalue weighted by Gasteiger charge is 2.69. The molecule has 56 heavy (non-hydrogen) atoms. The maximum atomic E-state index is 15.5. The fraction of sp³-hybridized carbons (Fsp3) is 0.500. The van der Waals surface area contributed by atoms with Gasteiger partial charge < -0.3 is 33.4 Å². The first-order valence-electron chi connectivity index (χ1n) is 18.2. The first-order valence-corrected chi connectivity index (χ1v) is 21.1. The van der Waals surface area contributed by atoms with Gasteiger partial charge in [0.15, 0.2) is 19.7 Å². The minimum Gasteiger partial charge on any atom is -0.507 e. The third-order valence-electron chi connectivity index (χ3n) is 11.1. The van der Waals surface area contributed by atoms with Crippen LogP contribution in [0.5, 0.6) is 17.4 Å². The van der Waals surface area contributed by atoms with Gasteiger partial charge in [-0.2, -0.15) is 0 Å². The van der Waals surface area contributed by atoms with Gasteiger partial charge in [0.2, 0.25) is 11.6 Å². The largest absolute Gasteiger partial charge is 0.573 e. The van der Waals surface area contributed by atoms with Gasteiger partial charge in [-0.05, 0) is 88.5 Å². The molecular formula is C40H47F3N2O10Si. The molecule has 3 aliphatic carbocycles. The van der Waals surface area contributed by atoms with Crippen LogP contribution in [0.1, 0.15) is 97.2 Å². The highest BCUT2D eigenvalue weighted by Crippen LogP contribution is 2.60. The summed E-state index contributed by atoms with van der Waals surface area (Å²) < 4.78 is 70.4. The van der Waals surface area contributed by atoms with Crippen molar-refractivity contribution in [3.05, 3.63) is 75.5 Å². The molecule has 0 spiro atoms. The lowest BCUT2D eigenvalue weighted by atomic mass is 9.57. The molecule has 16 heteroatoms. The number of ketones is 2. The van der Waals surface area contributed by atoms with Gasteiger partial charge in [0.05, 0.1) is 11.6 Å². The number of aliphatic hydroxyl groups excluding tert-OH is 1. The molecule has 2 N–H and O–H groups in total. The Kier molecular flexibility index (Phi) is 10.1. The second kappa shape index (κ2) is 13.8. The fourth-order valence-corrected chi connectivity index (χ4v) is 9.14. The predicted molar refractivity (Wildman–Crippen MR) is 199 cm³/mol. The quantitative estimate of drug-likeness (QED) is 0.128. The maximum Gasteiger partial charge on any atom is 0.573 e. The van der Waals surface area contributed by atoms with E-state index in [2.05, 4.69) is 9.89 Å². The number of aromatic hydroxyl groups is 1. The number of carbonyl (C=O) groups excluding carboxylic acids is 3. The molecule has 0 bridgehead atoms. The zero-order valence-corrected chi connectivity index (χ0v) is 34.0.